The minimum atomic E-state index is -3.35. The van der Waals surface area contributed by atoms with Crippen LogP contribution in [-0.2, 0) is 9.84 Å². The van der Waals surface area contributed by atoms with E-state index in [1.807, 2.05) is 4.90 Å². The van der Waals surface area contributed by atoms with E-state index < -0.39 is 9.84 Å². The fraction of sp³-hybridized carbons (Fsp3) is 0.733. The molecule has 1 aromatic rings. The van der Waals surface area contributed by atoms with Gasteiger partial charge in [-0.05, 0) is 32.2 Å². The first-order valence-electron chi connectivity index (χ1n) is 8.16. The van der Waals surface area contributed by atoms with Crippen LogP contribution in [0.1, 0.15) is 37.3 Å². The average molecular weight is 340 g/mol. The normalized spacial score (nSPS) is 23.9. The molecule has 0 aliphatic carbocycles. The van der Waals surface area contributed by atoms with Crippen LogP contribution >= 0.6 is 0 Å². The van der Waals surface area contributed by atoms with Gasteiger partial charge in [0, 0.05) is 31.8 Å². The molecule has 128 valence electrons. The Kier molecular flexibility index (Phi) is 4.84. The maximum atomic E-state index is 12.1. The van der Waals surface area contributed by atoms with E-state index in [1.54, 1.807) is 0 Å². The van der Waals surface area contributed by atoms with Gasteiger partial charge >= 0.3 is 0 Å². The first-order valence-corrected chi connectivity index (χ1v) is 10.0. The van der Waals surface area contributed by atoms with Crippen molar-refractivity contribution in [2.45, 2.75) is 42.6 Å². The highest BCUT2D eigenvalue weighted by Gasteiger charge is 2.27. The van der Waals surface area contributed by atoms with E-state index in [2.05, 4.69) is 15.3 Å². The van der Waals surface area contributed by atoms with Crippen molar-refractivity contribution < 1.29 is 13.5 Å². The van der Waals surface area contributed by atoms with E-state index in [0.717, 1.165) is 25.9 Å². The molecule has 0 unspecified atom stereocenters. The summed E-state index contributed by atoms with van der Waals surface area (Å²) in [6.07, 6.45) is 5.74. The lowest BCUT2D eigenvalue weighted by molar-refractivity contribution is 0.145. The third kappa shape index (κ3) is 3.81. The van der Waals surface area contributed by atoms with Gasteiger partial charge < -0.3 is 15.3 Å². The van der Waals surface area contributed by atoms with Crippen LogP contribution in [0.3, 0.4) is 0 Å². The van der Waals surface area contributed by atoms with Crippen molar-refractivity contribution in [1.82, 2.24) is 15.3 Å². The molecule has 0 radical (unpaired) electrons. The topological polar surface area (TPSA) is 95.4 Å². The summed E-state index contributed by atoms with van der Waals surface area (Å²) in [7, 11) is -3.35. The molecule has 2 aliphatic heterocycles. The van der Waals surface area contributed by atoms with Crippen molar-refractivity contribution >= 4 is 15.8 Å². The molecule has 0 spiro atoms. The molecule has 3 rings (SSSR count). The summed E-state index contributed by atoms with van der Waals surface area (Å²) >= 11 is 0. The highest BCUT2D eigenvalue weighted by Crippen LogP contribution is 2.29. The number of rotatable bonds is 3. The molecule has 2 fully saturated rings. The number of sulfone groups is 1. The zero-order chi connectivity index (χ0) is 16.4. The Hall–Kier alpha value is -1.25. The number of nitrogens with zero attached hydrogens (tertiary/aromatic N) is 3. The zero-order valence-electron chi connectivity index (χ0n) is 13.4. The second-order valence-electron chi connectivity index (χ2n) is 6.45. The van der Waals surface area contributed by atoms with Crippen LogP contribution in [0.15, 0.2) is 11.1 Å². The maximum absolute atomic E-state index is 12.1. The van der Waals surface area contributed by atoms with Crippen LogP contribution in [0.2, 0.25) is 0 Å². The SMILES string of the molecule is CS(=O)(=O)c1cnc(N2CCC(O)CC2)nc1[C@H]1CCCNC1. The maximum Gasteiger partial charge on any atom is 0.225 e. The molecule has 0 saturated carbocycles. The van der Waals surface area contributed by atoms with Gasteiger partial charge in [0.1, 0.15) is 4.90 Å². The highest BCUT2D eigenvalue weighted by molar-refractivity contribution is 7.90. The molecule has 0 amide bonds. The third-order valence-electron chi connectivity index (χ3n) is 4.60. The molecular formula is C15H24N4O3S. The minimum Gasteiger partial charge on any atom is -0.393 e. The zero-order valence-corrected chi connectivity index (χ0v) is 14.2. The molecule has 2 aliphatic rings. The predicted octanol–water partition coefficient (Wildman–Crippen LogP) is 0.308. The summed E-state index contributed by atoms with van der Waals surface area (Å²) in [5.74, 6) is 0.676. The lowest BCUT2D eigenvalue weighted by Crippen LogP contribution is -2.37. The molecule has 2 N–H and O–H groups in total. The smallest absolute Gasteiger partial charge is 0.225 e. The molecule has 0 aromatic carbocycles. The Morgan fingerprint density at radius 3 is 2.65 bits per heavy atom. The Morgan fingerprint density at radius 2 is 2.04 bits per heavy atom. The number of aromatic nitrogens is 2. The Labute approximate surface area is 137 Å². The Bertz CT molecular complexity index is 651. The second kappa shape index (κ2) is 6.70. The summed E-state index contributed by atoms with van der Waals surface area (Å²) in [5, 5.41) is 12.9. The van der Waals surface area contributed by atoms with Crippen LogP contribution in [0.5, 0.6) is 0 Å². The molecule has 1 aromatic heterocycles. The van der Waals surface area contributed by atoms with Crippen molar-refractivity contribution in [3.63, 3.8) is 0 Å². The van der Waals surface area contributed by atoms with E-state index in [0.29, 0.717) is 37.6 Å². The fourth-order valence-corrected chi connectivity index (χ4v) is 4.09. The number of hydrogen-bond acceptors (Lipinski definition) is 7. The fourth-order valence-electron chi connectivity index (χ4n) is 3.26. The van der Waals surface area contributed by atoms with Gasteiger partial charge in [-0.25, -0.2) is 18.4 Å². The molecule has 2 saturated heterocycles. The monoisotopic (exact) mass is 340 g/mol. The van der Waals surface area contributed by atoms with E-state index in [9.17, 15) is 13.5 Å². The molecule has 23 heavy (non-hydrogen) atoms. The largest absolute Gasteiger partial charge is 0.393 e. The molecular weight excluding hydrogens is 316 g/mol. The van der Waals surface area contributed by atoms with E-state index in [-0.39, 0.29) is 16.9 Å². The van der Waals surface area contributed by atoms with Crippen molar-refractivity contribution in [3.05, 3.63) is 11.9 Å². The number of piperidine rings is 2. The van der Waals surface area contributed by atoms with Crippen LogP contribution in [-0.4, -0.2) is 62.0 Å². The van der Waals surface area contributed by atoms with Crippen LogP contribution in [0.25, 0.3) is 0 Å². The molecule has 8 heteroatoms. The number of anilines is 1. The van der Waals surface area contributed by atoms with Gasteiger partial charge in [0.15, 0.2) is 9.84 Å². The second-order valence-corrected chi connectivity index (χ2v) is 8.44. The lowest BCUT2D eigenvalue weighted by atomic mass is 9.96. The summed E-state index contributed by atoms with van der Waals surface area (Å²) in [5.41, 5.74) is 0.635. The third-order valence-corrected chi connectivity index (χ3v) is 5.71. The first kappa shape index (κ1) is 16.6. The predicted molar refractivity (Wildman–Crippen MR) is 87.4 cm³/mol. The summed E-state index contributed by atoms with van der Waals surface area (Å²) in [4.78, 5) is 11.2. The van der Waals surface area contributed by atoms with Crippen LogP contribution in [0.4, 0.5) is 5.95 Å². The quantitative estimate of drug-likeness (QED) is 0.817. The van der Waals surface area contributed by atoms with Crippen molar-refractivity contribution in [2.75, 3.05) is 37.3 Å². The van der Waals surface area contributed by atoms with Gasteiger partial charge in [0.2, 0.25) is 5.95 Å². The Morgan fingerprint density at radius 1 is 1.30 bits per heavy atom. The number of aliphatic hydroxyl groups is 1. The van der Waals surface area contributed by atoms with E-state index in [4.69, 9.17) is 0 Å². The summed E-state index contributed by atoms with van der Waals surface area (Å²) in [6, 6.07) is 0. The molecule has 7 nitrogen and oxygen atoms in total. The van der Waals surface area contributed by atoms with Crippen molar-refractivity contribution in [3.8, 4) is 0 Å². The van der Waals surface area contributed by atoms with Crippen LogP contribution < -0.4 is 10.2 Å². The minimum absolute atomic E-state index is 0.102. The van der Waals surface area contributed by atoms with Gasteiger partial charge in [-0.15, -0.1) is 0 Å². The van der Waals surface area contributed by atoms with Gasteiger partial charge in [-0.2, -0.15) is 0 Å². The first-order chi connectivity index (χ1) is 10.9. The van der Waals surface area contributed by atoms with Crippen molar-refractivity contribution in [1.29, 1.82) is 0 Å². The number of nitrogens with one attached hydrogen (secondary N) is 1. The lowest BCUT2D eigenvalue weighted by Gasteiger charge is -2.31. The van der Waals surface area contributed by atoms with Gasteiger partial charge in [0.05, 0.1) is 18.0 Å². The van der Waals surface area contributed by atoms with Gasteiger partial charge in [-0.1, -0.05) is 0 Å². The summed E-state index contributed by atoms with van der Waals surface area (Å²) < 4.78 is 24.2. The van der Waals surface area contributed by atoms with Crippen molar-refractivity contribution in [2.24, 2.45) is 0 Å². The number of aliphatic hydroxyl groups excluding tert-OH is 1. The standard InChI is InChI=1S/C15H24N4O3S/c1-23(21,22)13-10-17-15(19-7-4-12(20)5-8-19)18-14(13)11-3-2-6-16-9-11/h10-12,16,20H,2-9H2,1H3/t11-/m0/s1. The van der Waals surface area contributed by atoms with E-state index >= 15 is 0 Å². The molecule has 3 heterocycles. The molecule has 0 bridgehead atoms. The average Bonchev–Trinajstić information content (AvgIpc) is 2.55. The highest BCUT2D eigenvalue weighted by atomic mass is 32.2. The Balaban J connectivity index is 1.94. The van der Waals surface area contributed by atoms with E-state index in [1.165, 1.54) is 12.5 Å². The van der Waals surface area contributed by atoms with Crippen LogP contribution in [0, 0.1) is 0 Å². The molecule has 1 atom stereocenters. The number of hydrogen-bond donors (Lipinski definition) is 2. The summed E-state index contributed by atoms with van der Waals surface area (Å²) in [6.45, 7) is 3.10. The van der Waals surface area contributed by atoms with Gasteiger partial charge in [0.25, 0.3) is 0 Å². The van der Waals surface area contributed by atoms with Gasteiger partial charge in [-0.3, -0.25) is 0 Å².